The van der Waals surface area contributed by atoms with Gasteiger partial charge in [-0.2, -0.15) is 0 Å². The van der Waals surface area contributed by atoms with Gasteiger partial charge in [0.05, 0.1) is 5.41 Å². The summed E-state index contributed by atoms with van der Waals surface area (Å²) in [6.07, 6.45) is 15.1. The van der Waals surface area contributed by atoms with E-state index in [9.17, 15) is 9.59 Å². The molecule has 3 unspecified atom stereocenters. The lowest BCUT2D eigenvalue weighted by Crippen LogP contribution is -2.65. The van der Waals surface area contributed by atoms with E-state index in [1.807, 2.05) is 30.3 Å². The number of benzene rings is 1. The fraction of sp³-hybridized carbons (Fsp3) is 0.676. The van der Waals surface area contributed by atoms with Crippen LogP contribution in [0.5, 0.6) is 0 Å². The number of hydrogen-bond acceptors (Lipinski definition) is 3. The number of allylic oxidation sites excluding steroid dienone is 4. The molecular weight excluding hydrogens is 492 g/mol. The molecule has 5 aliphatic carbocycles. The predicted molar refractivity (Wildman–Crippen MR) is 160 cm³/mol. The van der Waals surface area contributed by atoms with Crippen LogP contribution in [0.3, 0.4) is 0 Å². The van der Waals surface area contributed by atoms with Gasteiger partial charge in [0, 0.05) is 5.92 Å². The molecule has 6 rings (SSSR count). The molecule has 1 aromatic rings. The minimum Gasteiger partial charge on any atom is -0.460 e. The van der Waals surface area contributed by atoms with Gasteiger partial charge >= 0.3 is 5.97 Å². The highest BCUT2D eigenvalue weighted by atomic mass is 16.5. The summed E-state index contributed by atoms with van der Waals surface area (Å²) in [7, 11) is 0. The fourth-order valence-corrected chi connectivity index (χ4v) is 10.9. The minimum absolute atomic E-state index is 0.0174. The lowest BCUT2D eigenvalue weighted by Gasteiger charge is -2.69. The summed E-state index contributed by atoms with van der Waals surface area (Å²) in [6, 6.07) is 9.97. The molecule has 0 saturated heterocycles. The van der Waals surface area contributed by atoms with Crippen LogP contribution in [0.4, 0.5) is 0 Å². The summed E-state index contributed by atoms with van der Waals surface area (Å²) >= 11 is 0. The average molecular weight is 543 g/mol. The second kappa shape index (κ2) is 8.92. The van der Waals surface area contributed by atoms with E-state index in [-0.39, 0.29) is 44.9 Å². The Hall–Kier alpha value is -2.16. The van der Waals surface area contributed by atoms with Gasteiger partial charge in [0.2, 0.25) is 0 Å². The molecule has 0 aliphatic heterocycles. The van der Waals surface area contributed by atoms with E-state index >= 15 is 0 Å². The van der Waals surface area contributed by atoms with Crippen molar-refractivity contribution in [1.29, 1.82) is 0 Å². The lowest BCUT2D eigenvalue weighted by atomic mass is 9.34. The van der Waals surface area contributed by atoms with Gasteiger partial charge in [0.15, 0.2) is 5.78 Å². The van der Waals surface area contributed by atoms with E-state index in [4.69, 9.17) is 4.74 Å². The Kier molecular flexibility index (Phi) is 6.24. The molecule has 0 bridgehead atoms. The van der Waals surface area contributed by atoms with E-state index < -0.39 is 5.41 Å². The molecule has 0 N–H and O–H groups in total. The largest absolute Gasteiger partial charge is 0.460 e. The molecule has 3 saturated carbocycles. The maximum Gasteiger partial charge on any atom is 0.312 e. The second-order valence-electron chi connectivity index (χ2n) is 16.2. The molecule has 0 heterocycles. The van der Waals surface area contributed by atoms with Crippen molar-refractivity contribution < 1.29 is 14.3 Å². The van der Waals surface area contributed by atoms with Crippen molar-refractivity contribution in [1.82, 2.24) is 0 Å². The predicted octanol–water partition coefficient (Wildman–Crippen LogP) is 8.88. The first-order valence-electron chi connectivity index (χ1n) is 15.8. The summed E-state index contributed by atoms with van der Waals surface area (Å²) in [5.74, 6) is 1.09. The zero-order chi connectivity index (χ0) is 28.8. The molecule has 0 radical (unpaired) electrons. The Morgan fingerprint density at radius 1 is 0.925 bits per heavy atom. The van der Waals surface area contributed by atoms with Crippen molar-refractivity contribution in [2.75, 3.05) is 0 Å². The normalized spacial score (nSPS) is 45.3. The summed E-state index contributed by atoms with van der Waals surface area (Å²) in [5, 5.41) is 0. The Labute approximate surface area is 242 Å². The van der Waals surface area contributed by atoms with E-state index in [1.54, 1.807) is 0 Å². The van der Waals surface area contributed by atoms with Gasteiger partial charge in [-0.3, -0.25) is 9.59 Å². The van der Waals surface area contributed by atoms with Gasteiger partial charge in [0.1, 0.15) is 6.61 Å². The average Bonchev–Trinajstić information content (AvgIpc) is 2.89. The zero-order valence-corrected chi connectivity index (χ0v) is 25.9. The molecule has 3 fully saturated rings. The fourth-order valence-electron chi connectivity index (χ4n) is 10.9. The number of carbonyl (C=O) groups excluding carboxylic acids is 2. The Bertz CT molecular complexity index is 1270. The van der Waals surface area contributed by atoms with Crippen LogP contribution in [0, 0.1) is 50.2 Å². The van der Waals surface area contributed by atoms with Crippen molar-refractivity contribution in [3.05, 3.63) is 59.7 Å². The number of ketones is 1. The Morgan fingerprint density at radius 2 is 1.62 bits per heavy atom. The molecule has 8 atom stereocenters. The highest BCUT2D eigenvalue weighted by Gasteiger charge is 2.69. The molecule has 0 aromatic heterocycles. The van der Waals surface area contributed by atoms with Gasteiger partial charge in [-0.1, -0.05) is 89.6 Å². The first kappa shape index (κ1) is 28.0. The lowest BCUT2D eigenvalue weighted by molar-refractivity contribution is -0.176. The molecule has 1 aromatic carbocycles. The van der Waals surface area contributed by atoms with Crippen molar-refractivity contribution in [3.8, 4) is 0 Å². The van der Waals surface area contributed by atoms with E-state index in [2.05, 4.69) is 66.7 Å². The Balaban J connectivity index is 1.34. The summed E-state index contributed by atoms with van der Waals surface area (Å²) in [4.78, 5) is 28.1. The number of carbonyl (C=O) groups is 2. The molecular formula is C37H50O3. The van der Waals surface area contributed by atoms with Crippen LogP contribution in [-0.4, -0.2) is 11.8 Å². The van der Waals surface area contributed by atoms with Crippen LogP contribution in [0.15, 0.2) is 54.1 Å². The van der Waals surface area contributed by atoms with Gasteiger partial charge in [0.25, 0.3) is 0 Å². The molecule has 5 aliphatic rings. The number of esters is 1. The van der Waals surface area contributed by atoms with Crippen LogP contribution < -0.4 is 0 Å². The topological polar surface area (TPSA) is 43.4 Å². The molecule has 40 heavy (non-hydrogen) atoms. The number of rotatable bonds is 3. The quantitative estimate of drug-likeness (QED) is 0.283. The monoisotopic (exact) mass is 542 g/mol. The standard InChI is InChI=1S/C37H50O3/c1-32(2)15-11-16-35(5)29(32)14-17-37(7)30(35)28(38)22-26-27-23-34(4,19-18-33(27,3)20-21-36(26,37)6)31(39)40-24-25-12-9-8-10-13-25/h8-13,15,22,27,29-30H,14,16-21,23-24H2,1-7H3/t27?,29?,30?,33-,34+,35+,36-,37-/m1/s1. The second-order valence-corrected chi connectivity index (χ2v) is 16.2. The maximum absolute atomic E-state index is 14.4. The maximum atomic E-state index is 14.4. The summed E-state index contributed by atoms with van der Waals surface area (Å²) < 4.78 is 5.93. The number of hydrogen-bond donors (Lipinski definition) is 0. The zero-order valence-electron chi connectivity index (χ0n) is 25.9. The Morgan fingerprint density at radius 3 is 2.35 bits per heavy atom. The van der Waals surface area contributed by atoms with Crippen LogP contribution in [-0.2, 0) is 20.9 Å². The SMILES string of the molecule is CC1(C)C=CC[C@@]2(C)C1CC[C@]1(C)C2C(=O)C=C2C3C[C@@](C)(C(=O)OCc4ccccc4)CC[C@]3(C)CC[C@]21C. The van der Waals surface area contributed by atoms with Crippen molar-refractivity contribution in [3.63, 3.8) is 0 Å². The number of ether oxygens (including phenoxy) is 1. The van der Waals surface area contributed by atoms with Crippen molar-refractivity contribution >= 4 is 11.8 Å². The van der Waals surface area contributed by atoms with Crippen LogP contribution in [0.25, 0.3) is 0 Å². The first-order chi connectivity index (χ1) is 18.7. The highest BCUT2D eigenvalue weighted by Crippen LogP contribution is 2.74. The third-order valence-electron chi connectivity index (χ3n) is 13.5. The van der Waals surface area contributed by atoms with Crippen LogP contribution in [0.1, 0.15) is 105 Å². The molecule has 3 heteroatoms. The smallest absolute Gasteiger partial charge is 0.312 e. The number of fused-ring (bicyclic) bond motifs is 7. The van der Waals surface area contributed by atoms with Crippen LogP contribution >= 0.6 is 0 Å². The first-order valence-corrected chi connectivity index (χ1v) is 15.8. The van der Waals surface area contributed by atoms with Crippen LogP contribution in [0.2, 0.25) is 0 Å². The van der Waals surface area contributed by atoms with Gasteiger partial charge in [-0.05, 0) is 109 Å². The third-order valence-corrected chi connectivity index (χ3v) is 13.5. The van der Waals surface area contributed by atoms with Crippen molar-refractivity contribution in [2.45, 2.75) is 106 Å². The highest BCUT2D eigenvalue weighted by molar-refractivity contribution is 5.95. The van der Waals surface area contributed by atoms with Gasteiger partial charge in [-0.25, -0.2) is 0 Å². The summed E-state index contributed by atoms with van der Waals surface area (Å²) in [5.41, 5.74) is 2.00. The van der Waals surface area contributed by atoms with E-state index in [0.717, 1.165) is 44.1 Å². The third kappa shape index (κ3) is 3.81. The van der Waals surface area contributed by atoms with E-state index in [0.29, 0.717) is 18.3 Å². The molecule has 0 amide bonds. The molecule has 0 spiro atoms. The van der Waals surface area contributed by atoms with Gasteiger partial charge in [-0.15, -0.1) is 0 Å². The van der Waals surface area contributed by atoms with Crippen molar-refractivity contribution in [2.24, 2.45) is 50.2 Å². The summed E-state index contributed by atoms with van der Waals surface area (Å²) in [6.45, 7) is 17.0. The molecule has 3 nitrogen and oxygen atoms in total. The molecule has 216 valence electrons. The minimum atomic E-state index is -0.527. The van der Waals surface area contributed by atoms with Gasteiger partial charge < -0.3 is 4.74 Å². The van der Waals surface area contributed by atoms with E-state index in [1.165, 1.54) is 18.4 Å².